The Labute approximate surface area is 191 Å². The molecule has 0 N–H and O–H groups in total. The predicted octanol–water partition coefficient (Wildman–Crippen LogP) is 7.81. The van der Waals surface area contributed by atoms with Gasteiger partial charge in [-0.05, 0) is 48.5 Å². The van der Waals surface area contributed by atoms with Crippen LogP contribution in [0.1, 0.15) is 13.8 Å². The van der Waals surface area contributed by atoms with Crippen LogP contribution < -0.4 is 7.77 Å². The van der Waals surface area contributed by atoms with Crippen LogP contribution in [-0.4, -0.2) is 14.6 Å². The van der Waals surface area contributed by atoms with Crippen molar-refractivity contribution in [1.29, 1.82) is 0 Å². The molecule has 4 aromatic rings. The van der Waals surface area contributed by atoms with Crippen LogP contribution in [0.5, 0.6) is 0 Å². The fourth-order valence-corrected chi connectivity index (χ4v) is 7.65. The van der Waals surface area contributed by atoms with Gasteiger partial charge in [0.05, 0.1) is 0 Å². The minimum Gasteiger partial charge on any atom is -0.415 e. The molecule has 0 aromatic heterocycles. The highest BCUT2D eigenvalue weighted by molar-refractivity contribution is 6.70. The molecule has 0 saturated carbocycles. The van der Waals surface area contributed by atoms with Gasteiger partial charge < -0.3 is 7.77 Å². The van der Waals surface area contributed by atoms with Crippen LogP contribution in [0.25, 0.3) is 0 Å². The molecular weight excluding hydrogens is 391 g/mol. The Hall–Kier alpha value is -2.99. The van der Waals surface area contributed by atoms with Gasteiger partial charge in [-0.25, -0.2) is 0 Å². The lowest BCUT2D eigenvalue weighted by atomic mass is 10.2. The van der Waals surface area contributed by atoms with Crippen molar-refractivity contribution in [3.05, 3.63) is 121 Å². The van der Waals surface area contributed by atoms with Gasteiger partial charge in [-0.15, -0.1) is 0 Å². The Morgan fingerprint density at radius 1 is 0.484 bits per heavy atom. The van der Waals surface area contributed by atoms with Gasteiger partial charge in [-0.2, -0.15) is 0 Å². The Morgan fingerprint density at radius 3 is 0.968 bits per heavy atom. The van der Waals surface area contributed by atoms with E-state index in [0.29, 0.717) is 5.92 Å². The smallest absolute Gasteiger partial charge is 0.415 e. The molecule has 0 unspecified atom stereocenters. The van der Waals surface area contributed by atoms with E-state index in [1.807, 2.05) is 0 Å². The van der Waals surface area contributed by atoms with Gasteiger partial charge in [0.15, 0.2) is 0 Å². The first kappa shape index (κ1) is 21.3. The first-order chi connectivity index (χ1) is 15.2. The molecular formula is C28H29AlN2. The molecule has 0 spiro atoms. The summed E-state index contributed by atoms with van der Waals surface area (Å²) in [6.45, 7) is 4.67. The van der Waals surface area contributed by atoms with Crippen molar-refractivity contribution in [2.45, 2.75) is 19.1 Å². The molecule has 0 saturated heterocycles. The molecule has 2 nitrogen and oxygen atoms in total. The second-order valence-corrected chi connectivity index (χ2v) is 10.7. The molecule has 0 aliphatic rings. The minimum atomic E-state index is -1.76. The maximum absolute atomic E-state index is 2.61. The summed E-state index contributed by atoms with van der Waals surface area (Å²) in [5.74, 6) is 0.585. The second-order valence-electron chi connectivity index (χ2n) is 8.19. The lowest BCUT2D eigenvalue weighted by Crippen LogP contribution is -2.50. The Kier molecular flexibility index (Phi) is 7.10. The molecule has 154 valence electrons. The van der Waals surface area contributed by atoms with E-state index in [9.17, 15) is 0 Å². The highest BCUT2D eigenvalue weighted by Crippen LogP contribution is 2.36. The summed E-state index contributed by atoms with van der Waals surface area (Å²) < 4.78 is 5.22. The van der Waals surface area contributed by atoms with Gasteiger partial charge >= 0.3 is 14.6 Å². The van der Waals surface area contributed by atoms with Gasteiger partial charge in [-0.3, -0.25) is 0 Å². The maximum atomic E-state index is 2.61. The van der Waals surface area contributed by atoms with Crippen LogP contribution in [0.15, 0.2) is 121 Å². The van der Waals surface area contributed by atoms with Gasteiger partial charge in [0.1, 0.15) is 0 Å². The van der Waals surface area contributed by atoms with Crippen LogP contribution in [-0.2, 0) is 0 Å². The molecule has 3 heteroatoms. The van der Waals surface area contributed by atoms with Crippen molar-refractivity contribution in [1.82, 2.24) is 0 Å². The molecule has 0 amide bonds. The Balaban J connectivity index is 1.92. The fraction of sp³-hybridized carbons (Fsp3) is 0.143. The molecule has 31 heavy (non-hydrogen) atoms. The SMILES string of the molecule is CC(C)[CH2][Al]([N](c1ccccc1)c1ccccc1)[N](c1ccccc1)c1ccccc1. The number of para-hydroxylation sites is 4. The van der Waals surface area contributed by atoms with E-state index in [4.69, 9.17) is 0 Å². The quantitative estimate of drug-likeness (QED) is 0.268. The third kappa shape index (κ3) is 5.20. The van der Waals surface area contributed by atoms with E-state index >= 15 is 0 Å². The summed E-state index contributed by atoms with van der Waals surface area (Å²) >= 11 is -1.76. The molecule has 0 aliphatic heterocycles. The zero-order valence-corrected chi connectivity index (χ0v) is 19.5. The molecule has 0 aliphatic carbocycles. The van der Waals surface area contributed by atoms with Crippen molar-refractivity contribution < 1.29 is 0 Å². The van der Waals surface area contributed by atoms with Crippen molar-refractivity contribution in [3.63, 3.8) is 0 Å². The van der Waals surface area contributed by atoms with Crippen LogP contribution in [0, 0.1) is 5.92 Å². The highest BCUT2D eigenvalue weighted by atomic mass is 27.2. The van der Waals surface area contributed by atoms with Gasteiger partial charge in [0.25, 0.3) is 0 Å². The van der Waals surface area contributed by atoms with E-state index in [-0.39, 0.29) is 0 Å². The first-order valence-electron chi connectivity index (χ1n) is 11.0. The fourth-order valence-electron chi connectivity index (χ4n) is 4.09. The van der Waals surface area contributed by atoms with Crippen LogP contribution in [0.4, 0.5) is 22.7 Å². The predicted molar refractivity (Wildman–Crippen MR) is 135 cm³/mol. The third-order valence-electron chi connectivity index (χ3n) is 5.42. The number of nitrogens with zero attached hydrogens (tertiary/aromatic N) is 2. The van der Waals surface area contributed by atoms with Crippen molar-refractivity contribution in [3.8, 4) is 0 Å². The average molecular weight is 421 g/mol. The van der Waals surface area contributed by atoms with Gasteiger partial charge in [0.2, 0.25) is 0 Å². The molecule has 0 radical (unpaired) electrons. The van der Waals surface area contributed by atoms with Crippen LogP contribution >= 0.6 is 0 Å². The van der Waals surface area contributed by atoms with Crippen molar-refractivity contribution in [2.75, 3.05) is 7.77 Å². The number of anilines is 4. The monoisotopic (exact) mass is 420 g/mol. The standard InChI is InChI=1S/2C12H10N.C4H9.Al/c2*1-3-7-11(8-4-1)13-12-9-5-2-6-10-12;1-4(2)3;/h2*1-10H;4H,1H2,2-3H3;/q2*-1;;+2. The van der Waals surface area contributed by atoms with E-state index in [2.05, 4.69) is 143 Å². The Bertz CT molecular complexity index is 875. The van der Waals surface area contributed by atoms with Crippen LogP contribution in [0.3, 0.4) is 0 Å². The molecule has 0 atom stereocenters. The number of rotatable bonds is 8. The molecule has 0 heterocycles. The molecule has 0 fully saturated rings. The largest absolute Gasteiger partial charge is 0.583 e. The highest BCUT2D eigenvalue weighted by Gasteiger charge is 2.39. The third-order valence-corrected chi connectivity index (χ3v) is 9.16. The number of hydrogen-bond donors (Lipinski definition) is 0. The molecule has 4 aromatic carbocycles. The Morgan fingerprint density at radius 2 is 0.742 bits per heavy atom. The maximum Gasteiger partial charge on any atom is 0.583 e. The minimum absolute atomic E-state index is 0.585. The summed E-state index contributed by atoms with van der Waals surface area (Å²) in [5, 5.41) is 1.15. The normalized spacial score (nSPS) is 10.7. The average Bonchev–Trinajstić information content (AvgIpc) is 2.82. The van der Waals surface area contributed by atoms with Gasteiger partial charge in [-0.1, -0.05) is 97.8 Å². The summed E-state index contributed by atoms with van der Waals surface area (Å²) in [7, 11) is 0. The van der Waals surface area contributed by atoms with E-state index in [0.717, 1.165) is 5.28 Å². The van der Waals surface area contributed by atoms with E-state index < -0.39 is 14.6 Å². The van der Waals surface area contributed by atoms with Gasteiger partial charge in [0, 0.05) is 22.7 Å². The summed E-state index contributed by atoms with van der Waals surface area (Å²) in [6, 6.07) is 43.4. The number of benzene rings is 4. The second kappa shape index (κ2) is 10.4. The first-order valence-corrected chi connectivity index (χ1v) is 12.9. The summed E-state index contributed by atoms with van der Waals surface area (Å²) in [4.78, 5) is 0. The zero-order valence-electron chi connectivity index (χ0n) is 18.3. The lowest BCUT2D eigenvalue weighted by Gasteiger charge is -2.40. The zero-order chi connectivity index (χ0) is 21.5. The lowest BCUT2D eigenvalue weighted by molar-refractivity contribution is 0.722. The van der Waals surface area contributed by atoms with E-state index in [1.165, 1.54) is 22.7 Å². The summed E-state index contributed by atoms with van der Waals surface area (Å²) in [6.07, 6.45) is 0. The van der Waals surface area contributed by atoms with Crippen molar-refractivity contribution >= 4 is 37.3 Å². The summed E-state index contributed by atoms with van der Waals surface area (Å²) in [5.41, 5.74) is 5.01. The van der Waals surface area contributed by atoms with Crippen LogP contribution in [0.2, 0.25) is 5.28 Å². The molecule has 4 rings (SSSR count). The van der Waals surface area contributed by atoms with Crippen molar-refractivity contribution in [2.24, 2.45) is 5.92 Å². The molecule has 0 bridgehead atoms. The van der Waals surface area contributed by atoms with E-state index in [1.54, 1.807) is 0 Å². The topological polar surface area (TPSA) is 6.48 Å². The number of hydrogen-bond acceptors (Lipinski definition) is 2.